The van der Waals surface area contributed by atoms with E-state index >= 15 is 0 Å². The van der Waals surface area contributed by atoms with Gasteiger partial charge in [-0.25, -0.2) is 4.79 Å². The molecule has 1 aliphatic rings. The molecule has 0 bridgehead atoms. The monoisotopic (exact) mass is 326 g/mol. The van der Waals surface area contributed by atoms with Gasteiger partial charge in [-0.1, -0.05) is 24.3 Å². The second kappa shape index (κ2) is 7.04. The zero-order valence-electron chi connectivity index (χ0n) is 13.3. The highest BCUT2D eigenvalue weighted by atomic mass is 16.5. The summed E-state index contributed by atoms with van der Waals surface area (Å²) in [5.74, 6) is 0.478. The summed E-state index contributed by atoms with van der Waals surface area (Å²) in [5.41, 5.74) is 1.34. The van der Waals surface area contributed by atoms with Crippen LogP contribution in [0.5, 0.6) is 11.5 Å². The Hall–Kier alpha value is -3.02. The quantitative estimate of drug-likeness (QED) is 0.675. The van der Waals surface area contributed by atoms with E-state index in [0.717, 1.165) is 5.69 Å². The van der Waals surface area contributed by atoms with Gasteiger partial charge in [-0.3, -0.25) is 4.79 Å². The average Bonchev–Trinajstić information content (AvgIpc) is 2.56. The highest BCUT2D eigenvalue weighted by Crippen LogP contribution is 2.31. The van der Waals surface area contributed by atoms with Crippen LogP contribution in [0.25, 0.3) is 0 Å². The second-order valence-corrected chi connectivity index (χ2v) is 5.28. The van der Waals surface area contributed by atoms with E-state index in [-0.39, 0.29) is 25.0 Å². The van der Waals surface area contributed by atoms with Crippen molar-refractivity contribution in [3.8, 4) is 11.5 Å². The number of nitrogens with one attached hydrogen (secondary N) is 1. The first kappa shape index (κ1) is 15.9. The van der Waals surface area contributed by atoms with Crippen molar-refractivity contribution in [1.29, 1.82) is 0 Å². The van der Waals surface area contributed by atoms with E-state index < -0.39 is 0 Å². The topological polar surface area (TPSA) is 67.9 Å². The second-order valence-electron chi connectivity index (χ2n) is 5.28. The molecule has 124 valence electrons. The molecule has 0 radical (unpaired) electrons. The lowest BCUT2D eigenvalue weighted by molar-refractivity contribution is -0.133. The average molecular weight is 326 g/mol. The van der Waals surface area contributed by atoms with Crippen molar-refractivity contribution in [1.82, 2.24) is 0 Å². The smallest absolute Gasteiger partial charge is 0.331 e. The SMILES string of the molecule is CCOc1ccccc1NC(=O)CN1CC(=O)Oc2ccccc21. The van der Waals surface area contributed by atoms with Gasteiger partial charge in [0.05, 0.1) is 24.5 Å². The first-order valence-electron chi connectivity index (χ1n) is 7.73. The molecule has 0 spiro atoms. The van der Waals surface area contributed by atoms with Crippen molar-refractivity contribution in [2.24, 2.45) is 0 Å². The van der Waals surface area contributed by atoms with Gasteiger partial charge < -0.3 is 19.7 Å². The summed E-state index contributed by atoms with van der Waals surface area (Å²) >= 11 is 0. The number of hydrogen-bond donors (Lipinski definition) is 1. The van der Waals surface area contributed by atoms with E-state index in [1.165, 1.54) is 0 Å². The number of anilines is 2. The molecule has 1 aliphatic heterocycles. The van der Waals surface area contributed by atoms with E-state index in [2.05, 4.69) is 5.32 Å². The number of carbonyl (C=O) groups is 2. The molecule has 0 saturated heterocycles. The van der Waals surface area contributed by atoms with E-state index in [4.69, 9.17) is 9.47 Å². The molecule has 1 N–H and O–H groups in total. The van der Waals surface area contributed by atoms with Gasteiger partial charge in [0.2, 0.25) is 5.91 Å². The van der Waals surface area contributed by atoms with Crippen LogP contribution in [0.3, 0.4) is 0 Å². The van der Waals surface area contributed by atoms with E-state index in [1.54, 1.807) is 29.2 Å². The molecule has 2 aromatic rings. The molecule has 24 heavy (non-hydrogen) atoms. The highest BCUT2D eigenvalue weighted by Gasteiger charge is 2.25. The zero-order valence-corrected chi connectivity index (χ0v) is 13.3. The van der Waals surface area contributed by atoms with Crippen LogP contribution in [0.1, 0.15) is 6.92 Å². The Kier molecular flexibility index (Phi) is 4.65. The first-order valence-corrected chi connectivity index (χ1v) is 7.73. The number of carbonyl (C=O) groups excluding carboxylic acids is 2. The highest BCUT2D eigenvalue weighted by molar-refractivity contribution is 5.97. The van der Waals surface area contributed by atoms with Gasteiger partial charge >= 0.3 is 5.97 Å². The Balaban J connectivity index is 1.73. The van der Waals surface area contributed by atoms with Gasteiger partial charge in [-0.2, -0.15) is 0 Å². The van der Waals surface area contributed by atoms with Gasteiger partial charge in [0.1, 0.15) is 12.3 Å². The van der Waals surface area contributed by atoms with Crippen LogP contribution >= 0.6 is 0 Å². The summed E-state index contributed by atoms with van der Waals surface area (Å²) in [6.45, 7) is 2.48. The zero-order chi connectivity index (χ0) is 16.9. The Bertz CT molecular complexity index is 760. The van der Waals surface area contributed by atoms with Gasteiger partial charge in [0.15, 0.2) is 5.75 Å². The molecule has 0 aromatic heterocycles. The summed E-state index contributed by atoms with van der Waals surface area (Å²) in [4.78, 5) is 25.8. The van der Waals surface area contributed by atoms with Crippen molar-refractivity contribution in [3.05, 3.63) is 48.5 Å². The van der Waals surface area contributed by atoms with Crippen molar-refractivity contribution in [2.75, 3.05) is 29.9 Å². The van der Waals surface area contributed by atoms with Crippen LogP contribution in [0.2, 0.25) is 0 Å². The van der Waals surface area contributed by atoms with Crippen molar-refractivity contribution < 1.29 is 19.1 Å². The molecule has 1 heterocycles. The molecular formula is C18H18N2O4. The third-order valence-electron chi connectivity index (χ3n) is 3.55. The number of amides is 1. The Labute approximate surface area is 140 Å². The van der Waals surface area contributed by atoms with Crippen molar-refractivity contribution >= 4 is 23.3 Å². The Morgan fingerprint density at radius 2 is 1.96 bits per heavy atom. The van der Waals surface area contributed by atoms with Gasteiger partial charge in [-0.05, 0) is 31.2 Å². The number of para-hydroxylation sites is 4. The standard InChI is InChI=1S/C18H18N2O4/c1-2-23-15-9-5-3-7-13(15)19-17(21)11-20-12-18(22)24-16-10-6-4-8-14(16)20/h3-10H,2,11-12H2,1H3,(H,19,21). The fraction of sp³-hybridized carbons (Fsp3) is 0.222. The minimum Gasteiger partial charge on any atom is -0.492 e. The molecular weight excluding hydrogens is 308 g/mol. The fourth-order valence-corrected chi connectivity index (χ4v) is 2.56. The maximum atomic E-state index is 12.4. The number of rotatable bonds is 5. The third-order valence-corrected chi connectivity index (χ3v) is 3.55. The number of nitrogens with zero attached hydrogens (tertiary/aromatic N) is 1. The van der Waals surface area contributed by atoms with Crippen LogP contribution in [-0.4, -0.2) is 31.6 Å². The Morgan fingerprint density at radius 1 is 1.21 bits per heavy atom. The number of hydrogen-bond acceptors (Lipinski definition) is 5. The van der Waals surface area contributed by atoms with Crippen molar-refractivity contribution in [2.45, 2.75) is 6.92 Å². The number of benzene rings is 2. The van der Waals surface area contributed by atoms with E-state index in [1.807, 2.05) is 31.2 Å². The molecule has 0 saturated carbocycles. The first-order chi connectivity index (χ1) is 11.7. The summed E-state index contributed by atoms with van der Waals surface area (Å²) in [5, 5.41) is 2.83. The molecule has 0 aliphatic carbocycles. The lowest BCUT2D eigenvalue weighted by Crippen LogP contribution is -2.41. The van der Waals surface area contributed by atoms with Gasteiger partial charge in [0.25, 0.3) is 0 Å². The number of fused-ring (bicyclic) bond motifs is 1. The molecule has 2 aromatic carbocycles. The minimum absolute atomic E-state index is 0.0392. The Morgan fingerprint density at radius 3 is 2.79 bits per heavy atom. The molecule has 3 rings (SSSR count). The fourth-order valence-electron chi connectivity index (χ4n) is 2.56. The number of esters is 1. The van der Waals surface area contributed by atoms with Crippen LogP contribution in [0.4, 0.5) is 11.4 Å². The molecule has 6 nitrogen and oxygen atoms in total. The van der Waals surface area contributed by atoms with Crippen LogP contribution in [0, 0.1) is 0 Å². The van der Waals surface area contributed by atoms with Gasteiger partial charge in [0, 0.05) is 0 Å². The normalized spacial score (nSPS) is 13.0. The maximum absolute atomic E-state index is 12.4. The summed E-state index contributed by atoms with van der Waals surface area (Å²) in [6.07, 6.45) is 0. The summed E-state index contributed by atoms with van der Waals surface area (Å²) < 4.78 is 10.7. The molecule has 0 atom stereocenters. The third kappa shape index (κ3) is 3.48. The predicted molar refractivity (Wildman–Crippen MR) is 90.5 cm³/mol. The van der Waals surface area contributed by atoms with Crippen LogP contribution in [-0.2, 0) is 9.59 Å². The number of ether oxygens (including phenoxy) is 2. The van der Waals surface area contributed by atoms with Crippen molar-refractivity contribution in [3.63, 3.8) is 0 Å². The summed E-state index contributed by atoms with van der Waals surface area (Å²) in [6, 6.07) is 14.4. The lowest BCUT2D eigenvalue weighted by Gasteiger charge is -2.29. The maximum Gasteiger partial charge on any atom is 0.331 e. The van der Waals surface area contributed by atoms with Crippen LogP contribution in [0.15, 0.2) is 48.5 Å². The molecule has 0 fully saturated rings. The summed E-state index contributed by atoms with van der Waals surface area (Å²) in [7, 11) is 0. The largest absolute Gasteiger partial charge is 0.492 e. The van der Waals surface area contributed by atoms with Crippen LogP contribution < -0.4 is 19.7 Å². The molecule has 0 unspecified atom stereocenters. The predicted octanol–water partition coefficient (Wildman–Crippen LogP) is 2.45. The minimum atomic E-state index is -0.379. The molecule has 6 heteroatoms. The lowest BCUT2D eigenvalue weighted by atomic mass is 10.2. The van der Waals surface area contributed by atoms with Gasteiger partial charge in [-0.15, -0.1) is 0 Å². The van der Waals surface area contributed by atoms with E-state index in [0.29, 0.717) is 23.8 Å². The van der Waals surface area contributed by atoms with E-state index in [9.17, 15) is 9.59 Å². The molecule has 1 amide bonds.